The molecule has 2 aliphatic rings. The van der Waals surface area contributed by atoms with Crippen molar-refractivity contribution in [3.63, 3.8) is 0 Å². The van der Waals surface area contributed by atoms with Crippen molar-refractivity contribution >= 4 is 5.91 Å². The molecule has 0 spiro atoms. The Kier molecular flexibility index (Phi) is 3.92. The molecule has 1 aromatic carbocycles. The molecule has 126 valence electrons. The number of hydrogen-bond acceptors (Lipinski definition) is 5. The highest BCUT2D eigenvalue weighted by Gasteiger charge is 2.30. The lowest BCUT2D eigenvalue weighted by Crippen LogP contribution is -2.28. The molecular weight excluding hydrogens is 306 g/mol. The van der Waals surface area contributed by atoms with Crippen molar-refractivity contribution in [2.75, 3.05) is 6.61 Å². The zero-order valence-corrected chi connectivity index (χ0v) is 13.7. The summed E-state index contributed by atoms with van der Waals surface area (Å²) in [5.74, 6) is 2.09. The molecule has 2 saturated carbocycles. The quantitative estimate of drug-likeness (QED) is 0.844. The van der Waals surface area contributed by atoms with E-state index in [1.54, 1.807) is 12.1 Å². The largest absolute Gasteiger partial charge is 0.493 e. The maximum absolute atomic E-state index is 12.4. The number of benzene rings is 1. The Morgan fingerprint density at radius 2 is 2.04 bits per heavy atom. The monoisotopic (exact) mass is 327 g/mol. The van der Waals surface area contributed by atoms with E-state index in [4.69, 9.17) is 4.74 Å². The predicted molar refractivity (Wildman–Crippen MR) is 86.6 cm³/mol. The van der Waals surface area contributed by atoms with Gasteiger partial charge in [-0.1, -0.05) is 0 Å². The van der Waals surface area contributed by atoms with Crippen LogP contribution in [0.3, 0.4) is 0 Å². The van der Waals surface area contributed by atoms with E-state index in [0.717, 1.165) is 25.2 Å². The van der Waals surface area contributed by atoms with E-state index in [1.165, 1.54) is 12.8 Å². The van der Waals surface area contributed by atoms with Gasteiger partial charge in [-0.05, 0) is 73.2 Å². The highest BCUT2D eigenvalue weighted by molar-refractivity contribution is 5.94. The lowest BCUT2D eigenvalue weighted by atomic mass is 10.2. The molecule has 7 nitrogen and oxygen atoms in total. The van der Waals surface area contributed by atoms with Crippen molar-refractivity contribution in [3.05, 3.63) is 35.7 Å². The van der Waals surface area contributed by atoms with Crippen molar-refractivity contribution in [2.45, 2.75) is 44.7 Å². The van der Waals surface area contributed by atoms with Crippen molar-refractivity contribution in [1.82, 2.24) is 25.5 Å². The summed E-state index contributed by atoms with van der Waals surface area (Å²) < 4.78 is 7.51. The zero-order valence-electron chi connectivity index (χ0n) is 13.7. The van der Waals surface area contributed by atoms with Crippen LogP contribution < -0.4 is 10.1 Å². The first-order chi connectivity index (χ1) is 11.7. The molecule has 0 bridgehead atoms. The van der Waals surface area contributed by atoms with Gasteiger partial charge < -0.3 is 10.1 Å². The number of aromatic nitrogens is 4. The van der Waals surface area contributed by atoms with Crippen molar-refractivity contribution in [1.29, 1.82) is 0 Å². The highest BCUT2D eigenvalue weighted by Crippen LogP contribution is 2.35. The smallest absolute Gasteiger partial charge is 0.251 e. The molecule has 2 aromatic rings. The maximum Gasteiger partial charge on any atom is 0.251 e. The van der Waals surface area contributed by atoms with Crippen LogP contribution in [0.5, 0.6) is 5.75 Å². The maximum atomic E-state index is 12.4. The van der Waals surface area contributed by atoms with E-state index in [9.17, 15) is 4.79 Å². The van der Waals surface area contributed by atoms with Crippen LogP contribution in [0.4, 0.5) is 0 Å². The summed E-state index contributed by atoms with van der Waals surface area (Å²) in [7, 11) is 0. The molecule has 0 unspecified atom stereocenters. The molecule has 24 heavy (non-hydrogen) atoms. The van der Waals surface area contributed by atoms with Gasteiger partial charge in [-0.15, -0.1) is 5.10 Å². The van der Waals surface area contributed by atoms with Gasteiger partial charge in [0.1, 0.15) is 5.75 Å². The summed E-state index contributed by atoms with van der Waals surface area (Å²) in [5, 5.41) is 14.8. The second kappa shape index (κ2) is 6.22. The summed E-state index contributed by atoms with van der Waals surface area (Å²) >= 11 is 0. The van der Waals surface area contributed by atoms with Crippen molar-refractivity contribution < 1.29 is 9.53 Å². The number of amides is 1. The Morgan fingerprint density at radius 3 is 2.71 bits per heavy atom. The number of hydrogen-bond donors (Lipinski definition) is 1. The highest BCUT2D eigenvalue weighted by atomic mass is 16.5. The fourth-order valence-electron chi connectivity index (χ4n) is 2.61. The van der Waals surface area contributed by atoms with Gasteiger partial charge in [0, 0.05) is 5.56 Å². The van der Waals surface area contributed by atoms with Gasteiger partial charge in [0.15, 0.2) is 5.82 Å². The average molecular weight is 327 g/mol. The van der Waals surface area contributed by atoms with E-state index < -0.39 is 0 Å². The van der Waals surface area contributed by atoms with E-state index in [1.807, 2.05) is 23.7 Å². The summed E-state index contributed by atoms with van der Waals surface area (Å²) in [4.78, 5) is 12.4. The van der Waals surface area contributed by atoms with Crippen LogP contribution in [-0.2, 0) is 0 Å². The average Bonchev–Trinajstić information content (AvgIpc) is 3.53. The zero-order chi connectivity index (χ0) is 16.5. The third kappa shape index (κ3) is 3.39. The van der Waals surface area contributed by atoms with Gasteiger partial charge in [0.05, 0.1) is 18.7 Å². The van der Waals surface area contributed by atoms with Crippen LogP contribution in [0, 0.1) is 5.92 Å². The molecule has 1 heterocycles. The lowest BCUT2D eigenvalue weighted by Gasteiger charge is -2.13. The number of nitrogens with zero attached hydrogens (tertiary/aromatic N) is 4. The second-order valence-electron chi connectivity index (χ2n) is 6.69. The molecular formula is C17H21N5O2. The molecule has 1 atom stereocenters. The Hall–Kier alpha value is -2.44. The van der Waals surface area contributed by atoms with E-state index in [0.29, 0.717) is 23.3 Å². The van der Waals surface area contributed by atoms with Crippen LogP contribution in [0.1, 0.15) is 60.9 Å². The minimum absolute atomic E-state index is 0.137. The fourth-order valence-corrected chi connectivity index (χ4v) is 2.61. The predicted octanol–water partition coefficient (Wildman–Crippen LogP) is 2.29. The Balaban J connectivity index is 1.36. The summed E-state index contributed by atoms with van der Waals surface area (Å²) in [6.07, 6.45) is 4.72. The molecule has 7 heteroatoms. The van der Waals surface area contributed by atoms with Gasteiger partial charge >= 0.3 is 0 Å². The molecule has 1 amide bonds. The van der Waals surface area contributed by atoms with Gasteiger partial charge in [-0.3, -0.25) is 4.79 Å². The van der Waals surface area contributed by atoms with E-state index in [-0.39, 0.29) is 11.9 Å². The number of carbonyl (C=O) groups excluding carboxylic acids is 1. The Bertz CT molecular complexity index is 719. The van der Waals surface area contributed by atoms with Gasteiger partial charge in [0.25, 0.3) is 5.91 Å². The number of tetrazole rings is 1. The standard InChI is InChI=1S/C17H21N5O2/c1-11(16-19-20-21-22(16)14-6-7-14)18-17(23)13-4-8-15(9-5-13)24-10-12-2-3-12/h4-5,8-9,11-12,14H,2-3,6-7,10H2,1H3,(H,18,23)/t11-/m1/s1. The van der Waals surface area contributed by atoms with Crippen LogP contribution in [0.2, 0.25) is 0 Å². The number of rotatable bonds is 7. The van der Waals surface area contributed by atoms with Gasteiger partial charge in [0.2, 0.25) is 0 Å². The van der Waals surface area contributed by atoms with Crippen LogP contribution >= 0.6 is 0 Å². The molecule has 2 aliphatic carbocycles. The SMILES string of the molecule is C[C@@H](NC(=O)c1ccc(OCC2CC2)cc1)c1nnnn1C1CC1. The molecule has 0 aliphatic heterocycles. The number of nitrogens with one attached hydrogen (secondary N) is 1. The summed E-state index contributed by atoms with van der Waals surface area (Å²) in [5.41, 5.74) is 0.603. The number of ether oxygens (including phenoxy) is 1. The lowest BCUT2D eigenvalue weighted by molar-refractivity contribution is 0.0937. The number of carbonyl (C=O) groups is 1. The minimum Gasteiger partial charge on any atom is -0.493 e. The van der Waals surface area contributed by atoms with Gasteiger partial charge in [-0.25, -0.2) is 4.68 Å². The fraction of sp³-hybridized carbons (Fsp3) is 0.529. The third-order valence-electron chi connectivity index (χ3n) is 4.45. The molecule has 2 fully saturated rings. The van der Waals surface area contributed by atoms with Gasteiger partial charge in [-0.2, -0.15) is 0 Å². The van der Waals surface area contributed by atoms with Crippen LogP contribution in [-0.4, -0.2) is 32.7 Å². The summed E-state index contributed by atoms with van der Waals surface area (Å²) in [6, 6.07) is 7.41. The molecule has 0 radical (unpaired) electrons. The normalized spacial score (nSPS) is 18.2. The first-order valence-electron chi connectivity index (χ1n) is 8.52. The Morgan fingerprint density at radius 1 is 1.29 bits per heavy atom. The van der Waals surface area contributed by atoms with Crippen molar-refractivity contribution in [2.24, 2.45) is 5.92 Å². The molecule has 1 aromatic heterocycles. The minimum atomic E-state index is -0.237. The Labute approximate surface area is 140 Å². The first-order valence-corrected chi connectivity index (χ1v) is 8.52. The second-order valence-corrected chi connectivity index (χ2v) is 6.69. The molecule has 4 rings (SSSR count). The van der Waals surface area contributed by atoms with E-state index >= 15 is 0 Å². The van der Waals surface area contributed by atoms with E-state index in [2.05, 4.69) is 20.8 Å². The molecule has 0 saturated heterocycles. The third-order valence-corrected chi connectivity index (χ3v) is 4.45. The van der Waals surface area contributed by atoms with Crippen LogP contribution in [0.25, 0.3) is 0 Å². The summed E-state index contributed by atoms with van der Waals surface area (Å²) in [6.45, 7) is 2.67. The molecule has 1 N–H and O–H groups in total. The van der Waals surface area contributed by atoms with Crippen LogP contribution in [0.15, 0.2) is 24.3 Å². The first kappa shape index (κ1) is 15.1. The topological polar surface area (TPSA) is 81.9 Å². The van der Waals surface area contributed by atoms with Crippen molar-refractivity contribution in [3.8, 4) is 5.75 Å².